The summed E-state index contributed by atoms with van der Waals surface area (Å²) in [5, 5.41) is 4.78. The fraction of sp³-hybridized carbons (Fsp3) is 0.474. The lowest BCUT2D eigenvalue weighted by Crippen LogP contribution is -2.43. The fourth-order valence-corrected chi connectivity index (χ4v) is 3.64. The summed E-state index contributed by atoms with van der Waals surface area (Å²) in [4.78, 5) is 14.8. The summed E-state index contributed by atoms with van der Waals surface area (Å²) in [5.41, 5.74) is 1.36. The number of aromatic nitrogens is 2. The van der Waals surface area contributed by atoms with Crippen molar-refractivity contribution in [2.24, 2.45) is 11.8 Å². The molecular formula is C19H24ClN3O. The first kappa shape index (κ1) is 17.0. The van der Waals surface area contributed by atoms with Crippen LogP contribution in [0.4, 0.5) is 0 Å². The molecule has 128 valence electrons. The van der Waals surface area contributed by atoms with E-state index in [9.17, 15) is 4.79 Å². The van der Waals surface area contributed by atoms with Crippen LogP contribution in [0, 0.1) is 11.8 Å². The molecule has 0 spiro atoms. The van der Waals surface area contributed by atoms with Gasteiger partial charge in [0, 0.05) is 19.3 Å². The van der Waals surface area contributed by atoms with E-state index in [1.54, 1.807) is 17.1 Å². The van der Waals surface area contributed by atoms with E-state index >= 15 is 0 Å². The van der Waals surface area contributed by atoms with Crippen molar-refractivity contribution in [3.05, 3.63) is 53.3 Å². The molecular weight excluding hydrogens is 322 g/mol. The molecule has 1 aromatic carbocycles. The topological polar surface area (TPSA) is 38.1 Å². The van der Waals surface area contributed by atoms with Crippen LogP contribution in [0.15, 0.2) is 42.7 Å². The van der Waals surface area contributed by atoms with Crippen LogP contribution in [0.1, 0.15) is 25.3 Å². The Kier molecular flexibility index (Phi) is 5.56. The predicted octanol–water partition coefficient (Wildman–Crippen LogP) is 3.65. The van der Waals surface area contributed by atoms with Gasteiger partial charge in [0.25, 0.3) is 0 Å². The second kappa shape index (κ2) is 7.84. The highest BCUT2D eigenvalue weighted by Gasteiger charge is 2.27. The number of hydrogen-bond acceptors (Lipinski definition) is 2. The third-order valence-electron chi connectivity index (χ3n) is 4.68. The Balaban J connectivity index is 1.56. The molecule has 3 rings (SSSR count). The zero-order valence-corrected chi connectivity index (χ0v) is 14.8. The molecule has 0 N–H and O–H groups in total. The summed E-state index contributed by atoms with van der Waals surface area (Å²) >= 11 is 5.89. The van der Waals surface area contributed by atoms with E-state index in [2.05, 4.69) is 29.4 Å². The highest BCUT2D eigenvalue weighted by Crippen LogP contribution is 2.22. The molecule has 0 saturated carbocycles. The van der Waals surface area contributed by atoms with Crippen LogP contribution < -0.4 is 0 Å². The van der Waals surface area contributed by atoms with Gasteiger partial charge in [-0.1, -0.05) is 48.9 Å². The number of halogens is 1. The average molecular weight is 346 g/mol. The van der Waals surface area contributed by atoms with Crippen molar-refractivity contribution < 1.29 is 4.79 Å². The van der Waals surface area contributed by atoms with E-state index in [1.807, 2.05) is 17.9 Å². The Morgan fingerprint density at radius 1 is 1.38 bits per heavy atom. The Bertz CT molecular complexity index is 670. The lowest BCUT2D eigenvalue weighted by molar-refractivity contribution is -0.137. The van der Waals surface area contributed by atoms with Crippen molar-refractivity contribution in [1.29, 1.82) is 0 Å². The molecule has 2 aromatic rings. The first-order chi connectivity index (χ1) is 11.6. The number of carbonyl (C=O) groups is 1. The molecule has 2 heterocycles. The van der Waals surface area contributed by atoms with E-state index in [4.69, 9.17) is 11.6 Å². The second-order valence-electron chi connectivity index (χ2n) is 6.76. The molecule has 1 aliphatic rings. The van der Waals surface area contributed by atoms with Gasteiger partial charge in [-0.2, -0.15) is 5.10 Å². The number of rotatable bonds is 5. The first-order valence-corrected chi connectivity index (χ1v) is 9.00. The largest absolute Gasteiger partial charge is 0.342 e. The number of amides is 1. The van der Waals surface area contributed by atoms with Gasteiger partial charge in [-0.05, 0) is 30.7 Å². The number of benzene rings is 1. The van der Waals surface area contributed by atoms with Crippen molar-refractivity contribution in [2.75, 3.05) is 13.1 Å². The number of hydrogen-bond donors (Lipinski definition) is 0. The van der Waals surface area contributed by atoms with Crippen molar-refractivity contribution >= 4 is 17.5 Å². The van der Waals surface area contributed by atoms with Gasteiger partial charge in [-0.25, -0.2) is 0 Å². The van der Waals surface area contributed by atoms with Crippen LogP contribution in [-0.2, 0) is 17.8 Å². The highest BCUT2D eigenvalue weighted by molar-refractivity contribution is 6.30. The van der Waals surface area contributed by atoms with E-state index in [1.165, 1.54) is 12.0 Å². The minimum atomic E-state index is -0.0866. The SMILES string of the molecule is C[C@@H](Cn1cc(Cl)cn1)C(=O)N1CCC[C@@H](Cc2ccccc2)C1. The molecule has 1 aliphatic heterocycles. The maximum atomic E-state index is 12.8. The summed E-state index contributed by atoms with van der Waals surface area (Å²) in [6.45, 7) is 4.27. The Labute approximate surface area is 148 Å². The molecule has 1 fully saturated rings. The minimum Gasteiger partial charge on any atom is -0.342 e. The second-order valence-corrected chi connectivity index (χ2v) is 7.20. The van der Waals surface area contributed by atoms with Gasteiger partial charge in [-0.3, -0.25) is 9.48 Å². The lowest BCUT2D eigenvalue weighted by Gasteiger charge is -2.34. The summed E-state index contributed by atoms with van der Waals surface area (Å²) in [5.74, 6) is 0.687. The monoisotopic (exact) mass is 345 g/mol. The summed E-state index contributed by atoms with van der Waals surface area (Å²) < 4.78 is 1.75. The smallest absolute Gasteiger partial charge is 0.227 e. The molecule has 1 amide bonds. The zero-order valence-electron chi connectivity index (χ0n) is 14.1. The van der Waals surface area contributed by atoms with Gasteiger partial charge < -0.3 is 4.90 Å². The first-order valence-electron chi connectivity index (χ1n) is 8.62. The van der Waals surface area contributed by atoms with E-state index in [-0.39, 0.29) is 11.8 Å². The Hall–Kier alpha value is -1.81. The molecule has 0 unspecified atom stereocenters. The predicted molar refractivity (Wildman–Crippen MR) is 95.9 cm³/mol. The van der Waals surface area contributed by atoms with Crippen molar-refractivity contribution in [1.82, 2.24) is 14.7 Å². The summed E-state index contributed by atoms with van der Waals surface area (Å²) in [6, 6.07) is 10.6. The third-order valence-corrected chi connectivity index (χ3v) is 4.88. The maximum absolute atomic E-state index is 12.8. The van der Waals surface area contributed by atoms with Crippen LogP contribution in [0.25, 0.3) is 0 Å². The van der Waals surface area contributed by atoms with E-state index in [0.717, 1.165) is 25.9 Å². The van der Waals surface area contributed by atoms with Gasteiger partial charge in [0.05, 0.1) is 23.7 Å². The standard InChI is InChI=1S/C19H24ClN3O/c1-15(12-23-14-18(20)11-21-23)19(24)22-9-5-8-17(13-22)10-16-6-3-2-4-7-16/h2-4,6-7,11,14-15,17H,5,8-10,12-13H2,1H3/t15-,17-/m0/s1. The van der Waals surface area contributed by atoms with Crippen molar-refractivity contribution in [3.63, 3.8) is 0 Å². The van der Waals surface area contributed by atoms with Crippen LogP contribution in [-0.4, -0.2) is 33.7 Å². The quantitative estimate of drug-likeness (QED) is 0.829. The third kappa shape index (κ3) is 4.38. The molecule has 24 heavy (non-hydrogen) atoms. The number of piperidine rings is 1. The van der Waals surface area contributed by atoms with Gasteiger partial charge in [0.2, 0.25) is 5.91 Å². The normalized spacial score (nSPS) is 19.2. The zero-order chi connectivity index (χ0) is 16.9. The fourth-order valence-electron chi connectivity index (χ4n) is 3.49. The molecule has 2 atom stereocenters. The van der Waals surface area contributed by atoms with Gasteiger partial charge in [0.15, 0.2) is 0 Å². The number of carbonyl (C=O) groups excluding carboxylic acids is 1. The maximum Gasteiger partial charge on any atom is 0.227 e. The summed E-state index contributed by atoms with van der Waals surface area (Å²) in [6.07, 6.45) is 6.70. The van der Waals surface area contributed by atoms with Crippen LogP contribution >= 0.6 is 11.6 Å². The van der Waals surface area contributed by atoms with Crippen LogP contribution in [0.3, 0.4) is 0 Å². The lowest BCUT2D eigenvalue weighted by atomic mass is 9.90. The molecule has 5 heteroatoms. The molecule has 0 radical (unpaired) electrons. The van der Waals surface area contributed by atoms with Gasteiger partial charge in [0.1, 0.15) is 0 Å². The Morgan fingerprint density at radius 2 is 2.17 bits per heavy atom. The Morgan fingerprint density at radius 3 is 2.88 bits per heavy atom. The summed E-state index contributed by atoms with van der Waals surface area (Å²) in [7, 11) is 0. The van der Waals surface area contributed by atoms with Crippen LogP contribution in [0.5, 0.6) is 0 Å². The van der Waals surface area contributed by atoms with E-state index < -0.39 is 0 Å². The van der Waals surface area contributed by atoms with Gasteiger partial charge >= 0.3 is 0 Å². The molecule has 0 aliphatic carbocycles. The van der Waals surface area contributed by atoms with Crippen LogP contribution in [0.2, 0.25) is 5.02 Å². The molecule has 0 bridgehead atoms. The highest BCUT2D eigenvalue weighted by atomic mass is 35.5. The average Bonchev–Trinajstić information content (AvgIpc) is 3.00. The van der Waals surface area contributed by atoms with Gasteiger partial charge in [-0.15, -0.1) is 0 Å². The molecule has 4 nitrogen and oxygen atoms in total. The van der Waals surface area contributed by atoms with Crippen molar-refractivity contribution in [3.8, 4) is 0 Å². The number of likely N-dealkylation sites (tertiary alicyclic amines) is 1. The minimum absolute atomic E-state index is 0.0866. The number of nitrogens with zero attached hydrogens (tertiary/aromatic N) is 3. The molecule has 1 saturated heterocycles. The molecule has 1 aromatic heterocycles. The van der Waals surface area contributed by atoms with Crippen molar-refractivity contribution in [2.45, 2.75) is 32.7 Å². The van der Waals surface area contributed by atoms with E-state index in [0.29, 0.717) is 17.5 Å².